The van der Waals surface area contributed by atoms with Crippen molar-refractivity contribution < 1.29 is 28.2 Å². The Morgan fingerprint density at radius 1 is 0.757 bits per heavy atom. The summed E-state index contributed by atoms with van der Waals surface area (Å²) in [6, 6.07) is 21.7. The van der Waals surface area contributed by atoms with Crippen molar-refractivity contribution in [1.29, 1.82) is 0 Å². The summed E-state index contributed by atoms with van der Waals surface area (Å²) in [5.74, 6) is -3.17. The SMILES string of the molecule is CNc1cc(C(c2ccc(O)c(NC(=O)c3ccc(-c4ccc(C)cc4)cc3)c2)C(F)(F)F)ccc1O. The van der Waals surface area contributed by atoms with Gasteiger partial charge in [-0.05, 0) is 65.6 Å². The lowest BCUT2D eigenvalue weighted by Gasteiger charge is -2.23. The third kappa shape index (κ3) is 5.69. The Hall–Kier alpha value is -4.46. The number of amides is 1. The second kappa shape index (κ2) is 10.3. The van der Waals surface area contributed by atoms with Gasteiger partial charge >= 0.3 is 6.18 Å². The maximum Gasteiger partial charge on any atom is 0.399 e. The van der Waals surface area contributed by atoms with E-state index in [0.29, 0.717) is 0 Å². The molecule has 0 aliphatic rings. The van der Waals surface area contributed by atoms with Gasteiger partial charge in [-0.1, -0.05) is 54.1 Å². The molecule has 4 aromatic carbocycles. The zero-order valence-corrected chi connectivity index (χ0v) is 20.1. The predicted molar refractivity (Wildman–Crippen MR) is 138 cm³/mol. The molecule has 4 aromatic rings. The quantitative estimate of drug-likeness (QED) is 0.211. The molecule has 4 rings (SSSR count). The summed E-state index contributed by atoms with van der Waals surface area (Å²) >= 11 is 0. The fourth-order valence-electron chi connectivity index (χ4n) is 4.09. The van der Waals surface area contributed by atoms with Crippen LogP contribution in [0, 0.1) is 6.92 Å². The van der Waals surface area contributed by atoms with Crippen molar-refractivity contribution in [2.24, 2.45) is 0 Å². The molecular weight excluding hydrogens is 481 g/mol. The highest BCUT2D eigenvalue weighted by molar-refractivity contribution is 6.05. The Labute approximate surface area is 212 Å². The lowest BCUT2D eigenvalue weighted by Crippen LogP contribution is -2.22. The van der Waals surface area contributed by atoms with E-state index in [2.05, 4.69) is 10.6 Å². The second-order valence-electron chi connectivity index (χ2n) is 8.68. The Kier molecular flexibility index (Phi) is 7.11. The van der Waals surface area contributed by atoms with Crippen LogP contribution in [-0.4, -0.2) is 29.3 Å². The number of hydrogen-bond acceptors (Lipinski definition) is 4. The highest BCUT2D eigenvalue weighted by Gasteiger charge is 2.42. The first-order valence-corrected chi connectivity index (χ1v) is 11.5. The number of halogens is 3. The first kappa shape index (κ1) is 25.6. The van der Waals surface area contributed by atoms with Crippen LogP contribution >= 0.6 is 0 Å². The predicted octanol–water partition coefficient (Wildman–Crippen LogP) is 7.06. The van der Waals surface area contributed by atoms with Gasteiger partial charge in [-0.2, -0.15) is 13.2 Å². The normalized spacial score (nSPS) is 12.1. The van der Waals surface area contributed by atoms with Gasteiger partial charge in [0.25, 0.3) is 5.91 Å². The molecule has 0 aliphatic heterocycles. The third-order valence-electron chi connectivity index (χ3n) is 6.08. The molecule has 0 heterocycles. The zero-order valence-electron chi connectivity index (χ0n) is 20.1. The van der Waals surface area contributed by atoms with Crippen LogP contribution in [0.4, 0.5) is 24.5 Å². The molecule has 0 saturated carbocycles. The molecule has 0 aliphatic carbocycles. The monoisotopic (exact) mass is 506 g/mol. The van der Waals surface area contributed by atoms with Crippen LogP contribution in [0.25, 0.3) is 11.1 Å². The van der Waals surface area contributed by atoms with E-state index in [1.54, 1.807) is 24.3 Å². The summed E-state index contributed by atoms with van der Waals surface area (Å²) in [7, 11) is 1.49. The Balaban J connectivity index is 1.61. The number of anilines is 2. The van der Waals surface area contributed by atoms with Crippen LogP contribution < -0.4 is 10.6 Å². The van der Waals surface area contributed by atoms with Gasteiger partial charge in [0.05, 0.1) is 11.4 Å². The molecule has 4 N–H and O–H groups in total. The van der Waals surface area contributed by atoms with Gasteiger partial charge in [0.2, 0.25) is 0 Å². The number of carbonyl (C=O) groups excluding carboxylic acids is 1. The van der Waals surface area contributed by atoms with Crippen molar-refractivity contribution >= 4 is 17.3 Å². The molecular formula is C29H25F3N2O3. The maximum absolute atomic E-state index is 14.2. The summed E-state index contributed by atoms with van der Waals surface area (Å²) in [6.45, 7) is 1.99. The van der Waals surface area contributed by atoms with E-state index in [1.165, 1.54) is 25.2 Å². The molecule has 0 bridgehead atoms. The molecule has 0 spiro atoms. The Bertz CT molecular complexity index is 1420. The van der Waals surface area contributed by atoms with Gasteiger partial charge in [-0.3, -0.25) is 4.79 Å². The molecule has 0 radical (unpaired) electrons. The van der Waals surface area contributed by atoms with Crippen LogP contribution in [0.15, 0.2) is 84.9 Å². The number of hydrogen-bond donors (Lipinski definition) is 4. The van der Waals surface area contributed by atoms with Crippen LogP contribution in [0.5, 0.6) is 11.5 Å². The van der Waals surface area contributed by atoms with Crippen molar-refractivity contribution in [3.05, 3.63) is 107 Å². The van der Waals surface area contributed by atoms with Gasteiger partial charge in [-0.15, -0.1) is 0 Å². The average molecular weight is 507 g/mol. The van der Waals surface area contributed by atoms with Gasteiger partial charge in [0, 0.05) is 12.6 Å². The van der Waals surface area contributed by atoms with E-state index in [1.807, 2.05) is 31.2 Å². The fraction of sp³-hybridized carbons (Fsp3) is 0.138. The minimum Gasteiger partial charge on any atom is -0.506 e. The highest BCUT2D eigenvalue weighted by atomic mass is 19.4. The van der Waals surface area contributed by atoms with Crippen LogP contribution in [0.3, 0.4) is 0 Å². The van der Waals surface area contributed by atoms with Crippen molar-refractivity contribution in [1.82, 2.24) is 0 Å². The zero-order chi connectivity index (χ0) is 26.7. The molecule has 1 amide bonds. The van der Waals surface area contributed by atoms with Crippen molar-refractivity contribution in [3.63, 3.8) is 0 Å². The van der Waals surface area contributed by atoms with Gasteiger partial charge in [-0.25, -0.2) is 0 Å². The molecule has 0 saturated heterocycles. The largest absolute Gasteiger partial charge is 0.506 e. The molecule has 0 aromatic heterocycles. The summed E-state index contributed by atoms with van der Waals surface area (Å²) in [4.78, 5) is 12.8. The van der Waals surface area contributed by atoms with Crippen molar-refractivity contribution in [2.45, 2.75) is 19.0 Å². The summed E-state index contributed by atoms with van der Waals surface area (Å²) in [5, 5.41) is 25.3. The lowest BCUT2D eigenvalue weighted by atomic mass is 9.89. The van der Waals surface area contributed by atoms with Crippen molar-refractivity contribution in [3.8, 4) is 22.6 Å². The highest BCUT2D eigenvalue weighted by Crippen LogP contribution is 2.43. The Morgan fingerprint density at radius 3 is 1.76 bits per heavy atom. The van der Waals surface area contributed by atoms with Crippen LogP contribution in [0.2, 0.25) is 0 Å². The minimum atomic E-state index is -4.67. The number of alkyl halides is 3. The van der Waals surface area contributed by atoms with E-state index < -0.39 is 18.0 Å². The maximum atomic E-state index is 14.2. The molecule has 1 atom stereocenters. The second-order valence-corrected chi connectivity index (χ2v) is 8.68. The fourth-order valence-corrected chi connectivity index (χ4v) is 4.09. The van der Waals surface area contributed by atoms with Gasteiger partial charge < -0.3 is 20.8 Å². The molecule has 0 fully saturated rings. The molecule has 5 nitrogen and oxygen atoms in total. The number of aromatic hydroxyl groups is 2. The summed E-state index contributed by atoms with van der Waals surface area (Å²) in [6.07, 6.45) is -4.67. The van der Waals surface area contributed by atoms with Gasteiger partial charge in [0.15, 0.2) is 0 Å². The van der Waals surface area contributed by atoms with E-state index in [0.717, 1.165) is 34.9 Å². The molecule has 37 heavy (non-hydrogen) atoms. The molecule has 8 heteroatoms. The first-order chi connectivity index (χ1) is 17.6. The van der Waals surface area contributed by atoms with Crippen LogP contribution in [0.1, 0.15) is 33.0 Å². The van der Waals surface area contributed by atoms with Gasteiger partial charge in [0.1, 0.15) is 17.4 Å². The number of benzene rings is 4. The molecule has 190 valence electrons. The molecule has 1 unspecified atom stereocenters. The summed E-state index contributed by atoms with van der Waals surface area (Å²) < 4.78 is 42.5. The summed E-state index contributed by atoms with van der Waals surface area (Å²) in [5.41, 5.74) is 3.01. The van der Waals surface area contributed by atoms with Crippen LogP contribution in [-0.2, 0) is 0 Å². The van der Waals surface area contributed by atoms with E-state index in [-0.39, 0.29) is 39.6 Å². The lowest BCUT2D eigenvalue weighted by molar-refractivity contribution is -0.141. The number of phenolic OH excluding ortho intramolecular Hbond substituents is 2. The topological polar surface area (TPSA) is 81.6 Å². The van der Waals surface area contributed by atoms with E-state index >= 15 is 0 Å². The van der Waals surface area contributed by atoms with E-state index in [9.17, 15) is 28.2 Å². The van der Waals surface area contributed by atoms with Crippen molar-refractivity contribution in [2.75, 3.05) is 17.7 Å². The third-order valence-corrected chi connectivity index (χ3v) is 6.08. The Morgan fingerprint density at radius 2 is 1.24 bits per heavy atom. The first-order valence-electron chi connectivity index (χ1n) is 11.5. The standard InChI is InChI=1S/C29H25F3N2O3/c1-17-3-5-18(6-4-17)19-7-9-20(10-8-19)28(37)34-24-16-22(12-14-26(24)36)27(29(30,31)32)21-11-13-25(35)23(15-21)33-2/h3-16,27,33,35-36H,1-2H3,(H,34,37). The number of carbonyl (C=O) groups is 1. The van der Waals surface area contributed by atoms with E-state index in [4.69, 9.17) is 0 Å². The number of aryl methyl sites for hydroxylation is 1. The number of rotatable bonds is 6. The average Bonchev–Trinajstić information content (AvgIpc) is 2.87. The smallest absolute Gasteiger partial charge is 0.399 e. The number of phenols is 2. The number of nitrogens with one attached hydrogen (secondary N) is 2. The minimum absolute atomic E-state index is 0.107.